The molecule has 0 aliphatic heterocycles. The van der Waals surface area contributed by atoms with E-state index in [1.54, 1.807) is 24.3 Å². The molecule has 0 atom stereocenters. The first-order valence-corrected chi connectivity index (χ1v) is 4.56. The summed E-state index contributed by atoms with van der Waals surface area (Å²) in [6.07, 6.45) is 3.56. The average molecular weight is 276 g/mol. The number of fused-ring (bicyclic) bond motifs is 1. The van der Waals surface area contributed by atoms with E-state index >= 15 is 0 Å². The molecule has 0 heterocycles. The van der Waals surface area contributed by atoms with Gasteiger partial charge >= 0.3 is 0 Å². The number of Topliss-reactive ketones (excluding diaryl/α,β-unsaturated/α-hetero) is 1. The van der Waals surface area contributed by atoms with E-state index in [1.165, 1.54) is 6.08 Å². The van der Waals surface area contributed by atoms with Gasteiger partial charge in [0, 0.05) is 32.7 Å². The number of rotatable bonds is 0. The summed E-state index contributed by atoms with van der Waals surface area (Å²) in [6.45, 7) is 4.00. The van der Waals surface area contributed by atoms with Gasteiger partial charge < -0.3 is 9.59 Å². The molecule has 1 radical (unpaired) electrons. The third kappa shape index (κ3) is 3.18. The van der Waals surface area contributed by atoms with Crippen molar-refractivity contribution in [3.8, 4) is 0 Å². The molecule has 0 fully saturated rings. The van der Waals surface area contributed by atoms with E-state index in [1.807, 2.05) is 13.8 Å². The van der Waals surface area contributed by atoms with E-state index in [-0.39, 0.29) is 44.3 Å². The van der Waals surface area contributed by atoms with Crippen molar-refractivity contribution in [2.75, 3.05) is 0 Å². The largest absolute Gasteiger partial charge is 0.366 e. The maximum atomic E-state index is 11.2. The van der Waals surface area contributed by atoms with E-state index in [4.69, 9.17) is 0 Å². The molecule has 1 aliphatic rings. The van der Waals surface area contributed by atoms with Gasteiger partial charge in [-0.25, -0.2) is 0 Å². The molecular formula is C12H11O2Y-. The minimum Gasteiger partial charge on any atom is -0.366 e. The predicted molar refractivity (Wildman–Crippen MR) is 54.3 cm³/mol. The third-order valence-corrected chi connectivity index (χ3v) is 1.77. The first-order valence-electron chi connectivity index (χ1n) is 4.56. The third-order valence-electron chi connectivity index (χ3n) is 1.77. The zero-order valence-corrected chi connectivity index (χ0v) is 11.6. The molecule has 15 heavy (non-hydrogen) atoms. The van der Waals surface area contributed by atoms with Crippen molar-refractivity contribution in [2.24, 2.45) is 0 Å². The van der Waals surface area contributed by atoms with Gasteiger partial charge in [0.2, 0.25) is 0 Å². The van der Waals surface area contributed by atoms with Crippen LogP contribution in [0.4, 0.5) is 0 Å². The van der Waals surface area contributed by atoms with E-state index in [2.05, 4.69) is 6.08 Å². The van der Waals surface area contributed by atoms with Crippen molar-refractivity contribution in [3.63, 3.8) is 0 Å². The Hall–Kier alpha value is -0.596. The zero-order valence-electron chi connectivity index (χ0n) is 8.78. The maximum Gasteiger partial charge on any atom is 0.0751 e. The van der Waals surface area contributed by atoms with Gasteiger partial charge in [0.25, 0.3) is 0 Å². The molecule has 0 amide bonds. The summed E-state index contributed by atoms with van der Waals surface area (Å²) in [5.74, 6) is -0.365. The number of hydrogen-bond donors (Lipinski definition) is 0. The van der Waals surface area contributed by atoms with Crippen LogP contribution in [-0.2, 0) is 32.7 Å². The Morgan fingerprint density at radius 2 is 1.53 bits per heavy atom. The molecular weight excluding hydrogens is 265 g/mol. The van der Waals surface area contributed by atoms with Crippen LogP contribution in [0.25, 0.3) is 0 Å². The van der Waals surface area contributed by atoms with E-state index in [0.29, 0.717) is 11.1 Å². The SMILES string of the molecule is CC.O=C1[C-]=CC(=O)c2ccccc21.[Y]. The van der Waals surface area contributed by atoms with Crippen molar-refractivity contribution in [3.05, 3.63) is 47.5 Å². The van der Waals surface area contributed by atoms with E-state index in [0.717, 1.165) is 0 Å². The zero-order chi connectivity index (χ0) is 10.6. The van der Waals surface area contributed by atoms with Gasteiger partial charge in [0.15, 0.2) is 0 Å². The molecule has 1 aliphatic carbocycles. The topological polar surface area (TPSA) is 34.1 Å². The van der Waals surface area contributed by atoms with Crippen molar-refractivity contribution in [1.82, 2.24) is 0 Å². The van der Waals surface area contributed by atoms with Crippen molar-refractivity contribution in [1.29, 1.82) is 0 Å². The predicted octanol–water partition coefficient (Wildman–Crippen LogP) is 2.45. The Morgan fingerprint density at radius 3 is 2.07 bits per heavy atom. The van der Waals surface area contributed by atoms with Crippen LogP contribution in [0.2, 0.25) is 0 Å². The second kappa shape index (κ2) is 6.81. The molecule has 1 aromatic rings. The van der Waals surface area contributed by atoms with Gasteiger partial charge in [0.1, 0.15) is 0 Å². The summed E-state index contributed by atoms with van der Waals surface area (Å²) in [5, 5.41) is 0. The summed E-state index contributed by atoms with van der Waals surface area (Å²) >= 11 is 0. The molecule has 3 heteroatoms. The number of carbonyl (C=O) groups is 2. The Bertz CT molecular complexity index is 357. The van der Waals surface area contributed by atoms with Crippen LogP contribution >= 0.6 is 0 Å². The van der Waals surface area contributed by atoms with Crippen molar-refractivity contribution < 1.29 is 42.3 Å². The molecule has 0 N–H and O–H groups in total. The summed E-state index contributed by atoms with van der Waals surface area (Å²) in [7, 11) is 0. The van der Waals surface area contributed by atoms with Crippen LogP contribution in [0.15, 0.2) is 30.3 Å². The summed E-state index contributed by atoms with van der Waals surface area (Å²) < 4.78 is 0. The first-order chi connectivity index (χ1) is 6.79. The summed E-state index contributed by atoms with van der Waals surface area (Å²) in [4.78, 5) is 22.3. The quantitative estimate of drug-likeness (QED) is 0.682. The fourth-order valence-corrected chi connectivity index (χ4v) is 1.18. The Kier molecular flexibility index (Phi) is 6.54. The van der Waals surface area contributed by atoms with E-state index in [9.17, 15) is 9.59 Å². The Morgan fingerprint density at radius 1 is 1.00 bits per heavy atom. The Labute approximate surface area is 115 Å². The summed E-state index contributed by atoms with van der Waals surface area (Å²) in [6, 6.07) is 6.75. The average Bonchev–Trinajstić information content (AvgIpc) is 2.27. The van der Waals surface area contributed by atoms with E-state index < -0.39 is 0 Å². The fourth-order valence-electron chi connectivity index (χ4n) is 1.18. The first kappa shape index (κ1) is 14.4. The number of benzene rings is 1. The molecule has 2 rings (SSSR count). The second-order valence-corrected chi connectivity index (χ2v) is 2.53. The Balaban J connectivity index is 0.000000617. The van der Waals surface area contributed by atoms with Crippen LogP contribution in [0.5, 0.6) is 0 Å². The standard InChI is InChI=1S/C10H5O2.C2H6.Y/c11-9-5-6-10(12)8-4-2-1-3-7(8)9;1-2;/h1-5H;1-2H3;/q-1;;. The van der Waals surface area contributed by atoms with Gasteiger partial charge in [-0.3, -0.25) is 0 Å². The number of ketones is 2. The molecule has 75 valence electrons. The van der Waals surface area contributed by atoms with Gasteiger partial charge in [-0.1, -0.05) is 43.2 Å². The minimum atomic E-state index is -0.217. The maximum absolute atomic E-state index is 11.2. The van der Waals surface area contributed by atoms with Gasteiger partial charge in [-0.05, 0) is 0 Å². The van der Waals surface area contributed by atoms with Crippen LogP contribution < -0.4 is 0 Å². The minimum absolute atomic E-state index is 0. The van der Waals surface area contributed by atoms with Crippen LogP contribution in [0.3, 0.4) is 0 Å². The molecule has 0 spiro atoms. The van der Waals surface area contributed by atoms with Crippen LogP contribution in [0.1, 0.15) is 34.6 Å². The van der Waals surface area contributed by atoms with Gasteiger partial charge in [-0.2, -0.15) is 0 Å². The normalized spacial score (nSPS) is 12.1. The molecule has 2 nitrogen and oxygen atoms in total. The summed E-state index contributed by atoms with van der Waals surface area (Å²) in [5.41, 5.74) is 0.922. The molecule has 1 aromatic carbocycles. The van der Waals surface area contributed by atoms with Crippen LogP contribution in [0, 0.1) is 6.08 Å². The molecule has 0 unspecified atom stereocenters. The van der Waals surface area contributed by atoms with Gasteiger partial charge in [0.05, 0.1) is 11.6 Å². The number of allylic oxidation sites excluding steroid dienone is 2. The van der Waals surface area contributed by atoms with Crippen molar-refractivity contribution >= 4 is 11.6 Å². The van der Waals surface area contributed by atoms with Crippen molar-refractivity contribution in [2.45, 2.75) is 13.8 Å². The fraction of sp³-hybridized carbons (Fsp3) is 0.167. The molecule has 0 aromatic heterocycles. The van der Waals surface area contributed by atoms with Crippen LogP contribution in [-0.4, -0.2) is 11.6 Å². The molecule has 0 saturated carbocycles. The monoisotopic (exact) mass is 276 g/mol. The smallest absolute Gasteiger partial charge is 0.0751 e. The number of hydrogen-bond acceptors (Lipinski definition) is 2. The van der Waals surface area contributed by atoms with Gasteiger partial charge in [-0.15, -0.1) is 18.2 Å². The molecule has 0 bridgehead atoms. The second-order valence-electron chi connectivity index (χ2n) is 2.53. The number of carbonyl (C=O) groups excluding carboxylic acids is 2. The molecule has 0 saturated heterocycles.